The second-order valence-electron chi connectivity index (χ2n) is 2.96. The summed E-state index contributed by atoms with van der Waals surface area (Å²) in [7, 11) is 1.44. The third kappa shape index (κ3) is 3.41. The second kappa shape index (κ2) is 4.73. The fourth-order valence-electron chi connectivity index (χ4n) is 1.03. The van der Waals surface area contributed by atoms with E-state index in [9.17, 15) is 13.2 Å². The number of nitrogens with zero attached hydrogens (tertiary/aromatic N) is 1. The van der Waals surface area contributed by atoms with E-state index in [2.05, 4.69) is 26.2 Å². The highest BCUT2D eigenvalue weighted by molar-refractivity contribution is 9.10. The number of hydrogen-bond acceptors (Lipinski definition) is 1. The molecule has 3 nitrogen and oxygen atoms in total. The Balaban J connectivity index is 3.09. The van der Waals surface area contributed by atoms with Gasteiger partial charge in [-0.15, -0.1) is 0 Å². The molecule has 0 aliphatic heterocycles. The first kappa shape index (κ1) is 12.8. The quantitative estimate of drug-likeness (QED) is 0.618. The van der Waals surface area contributed by atoms with Gasteiger partial charge >= 0.3 is 6.18 Å². The number of halogens is 4. The maximum atomic E-state index is 12.5. The molecule has 0 unspecified atom stereocenters. The fraction of sp³-hybridized carbons (Fsp3) is 0.222. The molecule has 1 aromatic carbocycles. The molecule has 0 radical (unpaired) electrons. The van der Waals surface area contributed by atoms with E-state index in [0.717, 1.165) is 12.1 Å². The van der Waals surface area contributed by atoms with Crippen molar-refractivity contribution in [2.75, 3.05) is 12.4 Å². The van der Waals surface area contributed by atoms with Gasteiger partial charge in [0.05, 0.1) is 5.56 Å². The van der Waals surface area contributed by atoms with Crippen molar-refractivity contribution < 1.29 is 13.2 Å². The van der Waals surface area contributed by atoms with Crippen LogP contribution in [0.4, 0.5) is 18.9 Å². The molecule has 0 aliphatic rings. The van der Waals surface area contributed by atoms with Gasteiger partial charge in [-0.25, -0.2) is 0 Å². The Morgan fingerprint density at radius 1 is 1.38 bits per heavy atom. The van der Waals surface area contributed by atoms with E-state index < -0.39 is 11.7 Å². The van der Waals surface area contributed by atoms with Gasteiger partial charge in [0, 0.05) is 17.2 Å². The number of nitrogens with one attached hydrogen (secondary N) is 1. The molecule has 16 heavy (non-hydrogen) atoms. The van der Waals surface area contributed by atoms with Crippen molar-refractivity contribution in [1.29, 1.82) is 0 Å². The third-order valence-corrected chi connectivity index (χ3v) is 2.20. The Kier molecular flexibility index (Phi) is 3.79. The standard InChI is InChI=1S/C9H9BrF3N3/c1-15-8(14)16-7-3-5(9(11,12)13)2-6(10)4-7/h2-4H,1H3,(H3,14,15,16). The molecule has 0 heterocycles. The molecule has 3 N–H and O–H groups in total. The summed E-state index contributed by atoms with van der Waals surface area (Å²) in [6, 6.07) is 3.43. The third-order valence-electron chi connectivity index (χ3n) is 1.74. The highest BCUT2D eigenvalue weighted by Crippen LogP contribution is 2.33. The van der Waals surface area contributed by atoms with Gasteiger partial charge < -0.3 is 11.1 Å². The average molecular weight is 296 g/mol. The first-order valence-corrected chi connectivity index (χ1v) is 4.99. The molecule has 0 spiro atoms. The number of hydrogen-bond donors (Lipinski definition) is 2. The fourth-order valence-corrected chi connectivity index (χ4v) is 1.52. The molecule has 1 rings (SSSR count). The Morgan fingerprint density at radius 2 is 2.00 bits per heavy atom. The number of guanidine groups is 1. The van der Waals surface area contributed by atoms with Crippen molar-refractivity contribution in [2.24, 2.45) is 10.7 Å². The zero-order valence-corrected chi connectivity index (χ0v) is 9.85. The van der Waals surface area contributed by atoms with E-state index in [1.54, 1.807) is 0 Å². The summed E-state index contributed by atoms with van der Waals surface area (Å²) in [5, 5.41) is 2.54. The molecule has 0 fully saturated rings. The second-order valence-corrected chi connectivity index (χ2v) is 3.88. The van der Waals surface area contributed by atoms with E-state index in [-0.39, 0.29) is 11.6 Å². The Morgan fingerprint density at radius 3 is 2.50 bits per heavy atom. The van der Waals surface area contributed by atoms with Crippen LogP contribution < -0.4 is 11.1 Å². The molecule has 0 atom stereocenters. The van der Waals surface area contributed by atoms with Crippen molar-refractivity contribution in [3.8, 4) is 0 Å². The van der Waals surface area contributed by atoms with Crippen molar-refractivity contribution in [3.63, 3.8) is 0 Å². The summed E-state index contributed by atoms with van der Waals surface area (Å²) in [6.45, 7) is 0. The average Bonchev–Trinajstić information content (AvgIpc) is 2.15. The topological polar surface area (TPSA) is 50.4 Å². The van der Waals surface area contributed by atoms with Crippen LogP contribution in [0.25, 0.3) is 0 Å². The lowest BCUT2D eigenvalue weighted by atomic mass is 10.2. The van der Waals surface area contributed by atoms with E-state index in [1.807, 2.05) is 0 Å². The van der Waals surface area contributed by atoms with Gasteiger partial charge in [0.2, 0.25) is 0 Å². The van der Waals surface area contributed by atoms with Crippen LogP contribution in [0.3, 0.4) is 0 Å². The molecule has 0 aromatic heterocycles. The summed E-state index contributed by atoms with van der Waals surface area (Å²) in [5.74, 6) is 0.0474. The maximum Gasteiger partial charge on any atom is 0.416 e. The van der Waals surface area contributed by atoms with Crippen LogP contribution in [0.1, 0.15) is 5.56 Å². The van der Waals surface area contributed by atoms with Gasteiger partial charge in [-0.05, 0) is 18.2 Å². The number of aliphatic imine (C=N–C) groups is 1. The van der Waals surface area contributed by atoms with Crippen LogP contribution >= 0.6 is 15.9 Å². The lowest BCUT2D eigenvalue weighted by Gasteiger charge is -2.11. The van der Waals surface area contributed by atoms with E-state index in [1.165, 1.54) is 13.1 Å². The molecule has 0 saturated heterocycles. The first-order valence-electron chi connectivity index (χ1n) is 4.20. The number of alkyl halides is 3. The molecule has 88 valence electrons. The van der Waals surface area contributed by atoms with Crippen molar-refractivity contribution in [2.45, 2.75) is 6.18 Å². The van der Waals surface area contributed by atoms with Crippen LogP contribution in [0.2, 0.25) is 0 Å². The Hall–Kier alpha value is -1.24. The molecule has 0 bridgehead atoms. The predicted molar refractivity (Wildman–Crippen MR) is 60.3 cm³/mol. The smallest absolute Gasteiger partial charge is 0.370 e. The van der Waals surface area contributed by atoms with Gasteiger partial charge in [0.15, 0.2) is 5.96 Å². The number of anilines is 1. The van der Waals surface area contributed by atoms with Crippen LogP contribution in [-0.2, 0) is 6.18 Å². The van der Waals surface area contributed by atoms with Crippen molar-refractivity contribution in [3.05, 3.63) is 28.2 Å². The predicted octanol–water partition coefficient (Wildman–Crippen LogP) is 2.82. The number of nitrogens with two attached hydrogens (primary N) is 1. The SMILES string of the molecule is CN=C(N)Nc1cc(Br)cc(C(F)(F)F)c1. The van der Waals surface area contributed by atoms with Crippen LogP contribution in [-0.4, -0.2) is 13.0 Å². The maximum absolute atomic E-state index is 12.5. The molecule has 7 heteroatoms. The van der Waals surface area contributed by atoms with Crippen LogP contribution in [0.5, 0.6) is 0 Å². The Labute approximate surface area is 98.7 Å². The van der Waals surface area contributed by atoms with Crippen LogP contribution in [0, 0.1) is 0 Å². The summed E-state index contributed by atoms with van der Waals surface area (Å²) in [6.07, 6.45) is -4.39. The lowest BCUT2D eigenvalue weighted by Crippen LogP contribution is -2.22. The number of rotatable bonds is 1. The Bertz CT molecular complexity index is 415. The van der Waals surface area contributed by atoms with E-state index >= 15 is 0 Å². The largest absolute Gasteiger partial charge is 0.416 e. The first-order chi connectivity index (χ1) is 7.32. The molecule has 1 aromatic rings. The summed E-state index contributed by atoms with van der Waals surface area (Å²) < 4.78 is 37.7. The minimum atomic E-state index is -4.39. The molecular formula is C9H9BrF3N3. The zero-order chi connectivity index (χ0) is 12.3. The highest BCUT2D eigenvalue weighted by atomic mass is 79.9. The summed E-state index contributed by atoms with van der Waals surface area (Å²) in [4.78, 5) is 3.59. The van der Waals surface area contributed by atoms with E-state index in [4.69, 9.17) is 5.73 Å². The molecule has 0 amide bonds. The molecular weight excluding hydrogens is 287 g/mol. The minimum absolute atomic E-state index is 0.0474. The summed E-state index contributed by atoms with van der Waals surface area (Å²) >= 11 is 3.00. The van der Waals surface area contributed by atoms with Gasteiger partial charge in [-0.2, -0.15) is 13.2 Å². The summed E-state index contributed by atoms with van der Waals surface area (Å²) in [5.41, 5.74) is 4.83. The highest BCUT2D eigenvalue weighted by Gasteiger charge is 2.31. The van der Waals surface area contributed by atoms with E-state index in [0.29, 0.717) is 4.47 Å². The molecule has 0 saturated carbocycles. The van der Waals surface area contributed by atoms with Crippen molar-refractivity contribution >= 4 is 27.6 Å². The van der Waals surface area contributed by atoms with Gasteiger partial charge in [-0.1, -0.05) is 15.9 Å². The van der Waals surface area contributed by atoms with Gasteiger partial charge in [0.1, 0.15) is 0 Å². The van der Waals surface area contributed by atoms with Crippen molar-refractivity contribution in [1.82, 2.24) is 0 Å². The normalized spacial score (nSPS) is 12.7. The van der Waals surface area contributed by atoms with Crippen LogP contribution in [0.15, 0.2) is 27.7 Å². The lowest BCUT2D eigenvalue weighted by molar-refractivity contribution is -0.137. The monoisotopic (exact) mass is 295 g/mol. The van der Waals surface area contributed by atoms with Gasteiger partial charge in [0.25, 0.3) is 0 Å². The van der Waals surface area contributed by atoms with Gasteiger partial charge in [-0.3, -0.25) is 4.99 Å². The minimum Gasteiger partial charge on any atom is -0.370 e. The zero-order valence-electron chi connectivity index (χ0n) is 8.27. The molecule has 0 aliphatic carbocycles. The number of benzene rings is 1.